The van der Waals surface area contributed by atoms with Crippen molar-refractivity contribution >= 4 is 24.4 Å². The van der Waals surface area contributed by atoms with Gasteiger partial charge in [0, 0.05) is 12.3 Å². The van der Waals surface area contributed by atoms with Crippen molar-refractivity contribution in [2.45, 2.75) is 50.3 Å². The fourth-order valence-electron chi connectivity index (χ4n) is 3.53. The van der Waals surface area contributed by atoms with Crippen LogP contribution in [-0.2, 0) is 25.9 Å². The third-order valence-corrected chi connectivity index (χ3v) is 8.66. The first kappa shape index (κ1) is 28.7. The minimum atomic E-state index is -3.65. The molecule has 0 amide bonds. The first-order chi connectivity index (χ1) is 17.3. The van der Waals surface area contributed by atoms with Crippen molar-refractivity contribution in [3.8, 4) is 18.1 Å². The topological polar surface area (TPSA) is 172 Å². The van der Waals surface area contributed by atoms with Gasteiger partial charge < -0.3 is 29.1 Å². The molecule has 1 aromatic heterocycles. The lowest BCUT2D eigenvalue weighted by Crippen LogP contribution is -2.53. The molecule has 0 bridgehead atoms. The average molecular weight is 554 g/mol. The molecule has 1 fully saturated rings. The van der Waals surface area contributed by atoms with Gasteiger partial charge >= 0.3 is 18.3 Å². The summed E-state index contributed by atoms with van der Waals surface area (Å²) in [5.41, 5.74) is -5.53. The molecule has 1 aromatic carbocycles. The molecule has 1 saturated heterocycles. The fourth-order valence-corrected chi connectivity index (χ4v) is 6.37. The molecule has 14 heteroatoms. The second kappa shape index (κ2) is 10.9. The molecule has 0 radical (unpaired) electrons. The summed E-state index contributed by atoms with van der Waals surface area (Å²) >= 11 is 5.64. The summed E-state index contributed by atoms with van der Waals surface area (Å²) in [6.07, 6.45) is 1.90. The second-order valence-corrected chi connectivity index (χ2v) is 12.0. The van der Waals surface area contributed by atoms with E-state index in [9.17, 15) is 29.7 Å². The maximum absolute atomic E-state index is 12.3. The number of aromatic amines is 1. The Bertz CT molecular complexity index is 1340. The SMILES string of the molecule is C#C[C@@]1(O)[C@H](O)[C@@H](COP(=S)(N[C@](C)(C(=O)O)C(C)C)Oc2ccccc2)O[C@H]1n1ccc(=O)[nH]c1=O. The summed E-state index contributed by atoms with van der Waals surface area (Å²) in [4.78, 5) is 37.8. The van der Waals surface area contributed by atoms with E-state index in [1.54, 1.807) is 44.2 Å². The van der Waals surface area contributed by atoms with E-state index in [1.165, 1.54) is 6.92 Å². The van der Waals surface area contributed by atoms with Crippen LogP contribution in [0.5, 0.6) is 5.75 Å². The van der Waals surface area contributed by atoms with Crippen molar-refractivity contribution in [3.63, 3.8) is 0 Å². The van der Waals surface area contributed by atoms with Gasteiger partial charge in [-0.15, -0.1) is 6.42 Å². The molecule has 37 heavy (non-hydrogen) atoms. The molecule has 0 saturated carbocycles. The number of carbonyl (C=O) groups is 1. The number of aliphatic hydroxyl groups excluding tert-OH is 1. The van der Waals surface area contributed by atoms with Crippen LogP contribution in [0.15, 0.2) is 52.2 Å². The number of hydrogen-bond acceptors (Lipinski definition) is 9. The highest BCUT2D eigenvalue weighted by Gasteiger charge is 2.56. The molecule has 200 valence electrons. The Morgan fingerprint density at radius 1 is 1.38 bits per heavy atom. The van der Waals surface area contributed by atoms with Crippen molar-refractivity contribution in [1.29, 1.82) is 0 Å². The van der Waals surface area contributed by atoms with Crippen LogP contribution in [0, 0.1) is 18.3 Å². The number of carboxylic acid groups (broad SMARTS) is 1. The Kier molecular flexibility index (Phi) is 8.46. The third kappa shape index (κ3) is 5.86. The molecule has 0 spiro atoms. The van der Waals surface area contributed by atoms with Gasteiger partial charge in [-0.25, -0.2) is 9.88 Å². The quantitative estimate of drug-likeness (QED) is 0.206. The van der Waals surface area contributed by atoms with E-state index >= 15 is 0 Å². The zero-order valence-corrected chi connectivity index (χ0v) is 21.9. The van der Waals surface area contributed by atoms with Gasteiger partial charge in [-0.05, 0) is 36.8 Å². The highest BCUT2D eigenvalue weighted by Crippen LogP contribution is 2.49. The van der Waals surface area contributed by atoms with Gasteiger partial charge in [0.2, 0.25) is 0 Å². The van der Waals surface area contributed by atoms with Gasteiger partial charge in [-0.3, -0.25) is 19.1 Å². The lowest BCUT2D eigenvalue weighted by molar-refractivity contribution is -0.145. The number of rotatable bonds is 10. The number of nitrogens with one attached hydrogen (secondary N) is 2. The first-order valence-corrected chi connectivity index (χ1v) is 13.8. The number of aliphatic carboxylic acids is 1. The number of hydrogen-bond donors (Lipinski definition) is 5. The van der Waals surface area contributed by atoms with E-state index in [2.05, 4.69) is 5.09 Å². The largest absolute Gasteiger partial charge is 0.480 e. The zero-order valence-electron chi connectivity index (χ0n) is 20.2. The van der Waals surface area contributed by atoms with Crippen molar-refractivity contribution in [3.05, 3.63) is 63.4 Å². The van der Waals surface area contributed by atoms with Gasteiger partial charge in [-0.1, -0.05) is 38.0 Å². The van der Waals surface area contributed by atoms with Crippen LogP contribution in [0.25, 0.3) is 0 Å². The number of benzene rings is 1. The van der Waals surface area contributed by atoms with E-state index in [0.29, 0.717) is 5.75 Å². The molecule has 2 aromatic rings. The maximum Gasteiger partial charge on any atom is 0.330 e. The Balaban J connectivity index is 1.91. The van der Waals surface area contributed by atoms with Gasteiger partial charge in [0.1, 0.15) is 23.5 Å². The van der Waals surface area contributed by atoms with Crippen LogP contribution in [0.4, 0.5) is 0 Å². The van der Waals surface area contributed by atoms with E-state index in [0.717, 1.165) is 16.8 Å². The maximum atomic E-state index is 12.3. The molecule has 0 aliphatic carbocycles. The second-order valence-electron chi connectivity index (χ2n) is 8.93. The Morgan fingerprint density at radius 2 is 2.03 bits per heavy atom. The number of para-hydroxylation sites is 1. The predicted octanol–water partition coefficient (Wildman–Crippen LogP) is 0.568. The smallest absolute Gasteiger partial charge is 0.330 e. The van der Waals surface area contributed by atoms with Crippen LogP contribution in [0.2, 0.25) is 0 Å². The van der Waals surface area contributed by atoms with Crippen molar-refractivity contribution in [1.82, 2.24) is 14.6 Å². The summed E-state index contributed by atoms with van der Waals surface area (Å²) in [7, 11) is 0. The number of H-pyrrole nitrogens is 1. The molecule has 1 unspecified atom stereocenters. The van der Waals surface area contributed by atoms with Crippen molar-refractivity contribution in [2.24, 2.45) is 5.92 Å². The molecule has 2 heterocycles. The molecule has 3 rings (SSSR count). The van der Waals surface area contributed by atoms with Crippen LogP contribution in [0.3, 0.4) is 0 Å². The number of ether oxygens (including phenoxy) is 1. The summed E-state index contributed by atoms with van der Waals surface area (Å²) in [5, 5.41) is 34.5. The van der Waals surface area contributed by atoms with E-state index in [4.69, 9.17) is 32.0 Å². The van der Waals surface area contributed by atoms with Crippen LogP contribution < -0.4 is 20.9 Å². The highest BCUT2D eigenvalue weighted by atomic mass is 32.5. The Hall–Kier alpha value is -2.82. The molecule has 12 nitrogen and oxygen atoms in total. The molecular weight excluding hydrogens is 525 g/mol. The van der Waals surface area contributed by atoms with Gasteiger partial charge in [0.15, 0.2) is 11.8 Å². The number of aliphatic hydroxyl groups is 2. The van der Waals surface area contributed by atoms with Crippen LogP contribution >= 0.6 is 6.64 Å². The standard InChI is InChI=1S/C23H28N3O9PS/c1-5-23(32)18(28)16(34-19(23)26-12-11-17(27)24-21(26)31)13-33-36(37,35-15-9-7-6-8-10-15)25-22(4,14(2)3)20(29)30/h1,6-12,14,16,18-19,28,32H,13H2,2-4H3,(H,25,37)(H,29,30)(H,24,27,31)/t16-,18-,19-,22+,23-,36?/m1/s1. The summed E-state index contributed by atoms with van der Waals surface area (Å²) in [6, 6.07) is 9.37. The normalized spacial score (nSPS) is 26.7. The monoisotopic (exact) mass is 553 g/mol. The lowest BCUT2D eigenvalue weighted by atomic mass is 9.90. The Labute approximate surface area is 217 Å². The number of nitrogens with zero attached hydrogens (tertiary/aromatic N) is 1. The van der Waals surface area contributed by atoms with Crippen molar-refractivity contribution in [2.75, 3.05) is 6.61 Å². The van der Waals surface area contributed by atoms with Gasteiger partial charge in [0.25, 0.3) is 5.56 Å². The zero-order chi connectivity index (χ0) is 27.6. The van der Waals surface area contributed by atoms with Crippen LogP contribution in [-0.4, -0.2) is 60.8 Å². The minimum Gasteiger partial charge on any atom is -0.480 e. The predicted molar refractivity (Wildman–Crippen MR) is 136 cm³/mol. The first-order valence-electron chi connectivity index (χ1n) is 11.1. The summed E-state index contributed by atoms with van der Waals surface area (Å²) in [5.74, 6) is 0.728. The number of terminal acetylenes is 1. The van der Waals surface area contributed by atoms with E-state index < -0.39 is 66.0 Å². The third-order valence-electron chi connectivity index (χ3n) is 6.16. The Morgan fingerprint density at radius 3 is 2.57 bits per heavy atom. The average Bonchev–Trinajstić information content (AvgIpc) is 3.08. The number of aromatic nitrogens is 2. The summed E-state index contributed by atoms with van der Waals surface area (Å²) in [6.45, 7) is 0.673. The molecular formula is C23H28N3O9PS. The minimum absolute atomic E-state index is 0.306. The lowest BCUT2D eigenvalue weighted by Gasteiger charge is -2.36. The van der Waals surface area contributed by atoms with Crippen LogP contribution in [0.1, 0.15) is 27.0 Å². The number of carboxylic acids is 1. The van der Waals surface area contributed by atoms with Gasteiger partial charge in [0.05, 0.1) is 6.61 Å². The fraction of sp³-hybridized carbons (Fsp3) is 0.435. The molecule has 5 N–H and O–H groups in total. The molecule has 6 atom stereocenters. The van der Waals surface area contributed by atoms with Crippen molar-refractivity contribution < 1.29 is 33.9 Å². The van der Waals surface area contributed by atoms with E-state index in [-0.39, 0.29) is 0 Å². The molecule has 1 aliphatic rings. The summed E-state index contributed by atoms with van der Waals surface area (Å²) < 4.78 is 18.3. The van der Waals surface area contributed by atoms with E-state index in [1.807, 2.05) is 10.9 Å². The molecule has 1 aliphatic heterocycles. The highest BCUT2D eigenvalue weighted by molar-refractivity contribution is 8.09. The van der Waals surface area contributed by atoms with Gasteiger partial charge in [-0.2, -0.15) is 0 Å².